The minimum Gasteiger partial charge on any atom is -0.508 e. The zero-order chi connectivity index (χ0) is 13.7. The number of thioether (sulfide) groups is 1. The van der Waals surface area contributed by atoms with E-state index in [-0.39, 0.29) is 11.5 Å². The molecule has 0 aliphatic heterocycles. The molecule has 0 aromatic heterocycles. The molecule has 0 aliphatic rings. The van der Waals surface area contributed by atoms with Crippen LogP contribution in [-0.4, -0.2) is 16.6 Å². The van der Waals surface area contributed by atoms with Gasteiger partial charge in [-0.1, -0.05) is 24.3 Å². The van der Waals surface area contributed by atoms with Crippen LogP contribution in [0, 0.1) is 0 Å². The van der Waals surface area contributed by atoms with Gasteiger partial charge in [-0.2, -0.15) is 0 Å². The van der Waals surface area contributed by atoms with E-state index in [1.54, 1.807) is 18.2 Å². The molecule has 19 heavy (non-hydrogen) atoms. The Morgan fingerprint density at radius 2 is 1.95 bits per heavy atom. The minimum atomic E-state index is 0.145. The summed E-state index contributed by atoms with van der Waals surface area (Å²) in [6.45, 7) is 0. The molecule has 0 fully saturated rings. The van der Waals surface area contributed by atoms with E-state index in [1.165, 1.54) is 11.8 Å². The molecular weight excluding hydrogens is 324 g/mol. The van der Waals surface area contributed by atoms with E-state index >= 15 is 0 Å². The second-order valence-electron chi connectivity index (χ2n) is 4.10. The summed E-state index contributed by atoms with van der Waals surface area (Å²) in [5.74, 6) is 0.772. The number of hydrogen-bond donors (Lipinski definition) is 1. The van der Waals surface area contributed by atoms with Gasteiger partial charge < -0.3 is 5.11 Å². The van der Waals surface area contributed by atoms with Gasteiger partial charge in [0.15, 0.2) is 0 Å². The van der Waals surface area contributed by atoms with Gasteiger partial charge in [-0.25, -0.2) is 0 Å². The van der Waals surface area contributed by atoms with E-state index in [1.807, 2.05) is 30.3 Å². The first-order chi connectivity index (χ1) is 9.15. The van der Waals surface area contributed by atoms with Crippen LogP contribution in [0.15, 0.2) is 57.9 Å². The third kappa shape index (κ3) is 4.40. The van der Waals surface area contributed by atoms with Gasteiger partial charge in [0.05, 0.1) is 5.75 Å². The van der Waals surface area contributed by atoms with Crippen LogP contribution in [0.3, 0.4) is 0 Å². The first-order valence-electron chi connectivity index (χ1n) is 5.82. The highest BCUT2D eigenvalue weighted by Crippen LogP contribution is 2.27. The van der Waals surface area contributed by atoms with E-state index in [0.717, 1.165) is 14.9 Å². The quantitative estimate of drug-likeness (QED) is 0.836. The summed E-state index contributed by atoms with van der Waals surface area (Å²) in [7, 11) is 0. The van der Waals surface area contributed by atoms with Crippen LogP contribution in [0.2, 0.25) is 0 Å². The number of phenolic OH excluding ortho intramolecular Hbond substituents is 1. The SMILES string of the molecule is O=C(CSc1ccccc1Br)Cc1cccc(O)c1. The number of ketones is 1. The molecule has 0 saturated carbocycles. The van der Waals surface area contributed by atoms with Crippen molar-refractivity contribution in [1.29, 1.82) is 0 Å². The predicted molar refractivity (Wildman–Crippen MR) is 81.7 cm³/mol. The van der Waals surface area contributed by atoms with Crippen LogP contribution in [0.5, 0.6) is 5.75 Å². The molecule has 1 N–H and O–H groups in total. The minimum absolute atomic E-state index is 0.145. The Kier molecular flexibility index (Phi) is 5.05. The number of hydrogen-bond acceptors (Lipinski definition) is 3. The number of rotatable bonds is 5. The molecule has 0 atom stereocenters. The second kappa shape index (κ2) is 6.78. The van der Waals surface area contributed by atoms with E-state index in [2.05, 4.69) is 15.9 Å². The Morgan fingerprint density at radius 3 is 2.68 bits per heavy atom. The number of carbonyl (C=O) groups is 1. The number of phenols is 1. The van der Waals surface area contributed by atoms with Crippen molar-refractivity contribution in [2.24, 2.45) is 0 Å². The fourth-order valence-electron chi connectivity index (χ4n) is 1.67. The third-order valence-electron chi connectivity index (χ3n) is 2.54. The first-order valence-corrected chi connectivity index (χ1v) is 7.60. The molecular formula is C15H13BrO2S. The van der Waals surface area contributed by atoms with E-state index in [0.29, 0.717) is 12.2 Å². The van der Waals surface area contributed by atoms with Gasteiger partial charge in [0, 0.05) is 15.8 Å². The van der Waals surface area contributed by atoms with Gasteiger partial charge >= 0.3 is 0 Å². The van der Waals surface area contributed by atoms with Crippen LogP contribution in [0.25, 0.3) is 0 Å². The molecule has 0 saturated heterocycles. The molecule has 2 aromatic carbocycles. The highest BCUT2D eigenvalue weighted by Gasteiger charge is 2.07. The average molecular weight is 337 g/mol. The van der Waals surface area contributed by atoms with Crippen molar-refractivity contribution < 1.29 is 9.90 Å². The number of halogens is 1. The Hall–Kier alpha value is -1.26. The highest BCUT2D eigenvalue weighted by molar-refractivity contribution is 9.10. The van der Waals surface area contributed by atoms with Gasteiger partial charge in [0.25, 0.3) is 0 Å². The lowest BCUT2D eigenvalue weighted by atomic mass is 10.1. The maximum atomic E-state index is 11.9. The smallest absolute Gasteiger partial charge is 0.147 e. The Labute approximate surface area is 125 Å². The summed E-state index contributed by atoms with van der Waals surface area (Å²) in [6, 6.07) is 14.7. The third-order valence-corrected chi connectivity index (χ3v) is 4.62. The zero-order valence-corrected chi connectivity index (χ0v) is 12.6. The van der Waals surface area contributed by atoms with Gasteiger partial charge in [-0.15, -0.1) is 11.8 Å². The first kappa shape index (κ1) is 14.2. The van der Waals surface area contributed by atoms with Crippen LogP contribution in [0.1, 0.15) is 5.56 Å². The normalized spacial score (nSPS) is 10.4. The van der Waals surface area contributed by atoms with Gasteiger partial charge in [-0.3, -0.25) is 4.79 Å². The van der Waals surface area contributed by atoms with Gasteiger partial charge in [0.2, 0.25) is 0 Å². The van der Waals surface area contributed by atoms with Crippen molar-refractivity contribution in [2.75, 3.05) is 5.75 Å². The predicted octanol–water partition coefficient (Wildman–Crippen LogP) is 4.06. The Bertz CT molecular complexity index is 584. The molecule has 0 heterocycles. The Balaban J connectivity index is 1.90. The van der Waals surface area contributed by atoms with Crippen LogP contribution < -0.4 is 0 Å². The lowest BCUT2D eigenvalue weighted by Crippen LogP contribution is -2.05. The molecule has 0 spiro atoms. The molecule has 2 aromatic rings. The van der Waals surface area contributed by atoms with E-state index in [4.69, 9.17) is 0 Å². The number of benzene rings is 2. The largest absolute Gasteiger partial charge is 0.508 e. The maximum Gasteiger partial charge on any atom is 0.147 e. The monoisotopic (exact) mass is 336 g/mol. The lowest BCUT2D eigenvalue weighted by molar-refractivity contribution is -0.116. The maximum absolute atomic E-state index is 11.9. The lowest BCUT2D eigenvalue weighted by Gasteiger charge is -2.04. The fraction of sp³-hybridized carbons (Fsp3) is 0.133. The van der Waals surface area contributed by atoms with Crippen LogP contribution >= 0.6 is 27.7 Å². The second-order valence-corrected chi connectivity index (χ2v) is 5.98. The summed E-state index contributed by atoms with van der Waals surface area (Å²) < 4.78 is 1.00. The number of carbonyl (C=O) groups excluding carboxylic acids is 1. The molecule has 2 nitrogen and oxygen atoms in total. The molecule has 2 rings (SSSR count). The molecule has 0 bridgehead atoms. The summed E-state index contributed by atoms with van der Waals surface area (Å²) >= 11 is 4.98. The highest BCUT2D eigenvalue weighted by atomic mass is 79.9. The van der Waals surface area contributed by atoms with Crippen molar-refractivity contribution in [1.82, 2.24) is 0 Å². The van der Waals surface area contributed by atoms with Gasteiger partial charge in [0.1, 0.15) is 11.5 Å². The number of aromatic hydroxyl groups is 1. The summed E-state index contributed by atoms with van der Waals surface area (Å²) in [5, 5.41) is 9.35. The van der Waals surface area contributed by atoms with Crippen molar-refractivity contribution in [3.8, 4) is 5.75 Å². The summed E-state index contributed by atoms with van der Waals surface area (Å²) in [4.78, 5) is 13.0. The number of Topliss-reactive ketones (excluding diaryl/α,β-unsaturated/α-hetero) is 1. The summed E-state index contributed by atoms with van der Waals surface area (Å²) in [6.07, 6.45) is 0.353. The van der Waals surface area contributed by atoms with E-state index in [9.17, 15) is 9.90 Å². The summed E-state index contributed by atoms with van der Waals surface area (Å²) in [5.41, 5.74) is 0.845. The zero-order valence-electron chi connectivity index (χ0n) is 10.2. The van der Waals surface area contributed by atoms with Gasteiger partial charge in [-0.05, 0) is 45.8 Å². The molecule has 0 unspecified atom stereocenters. The average Bonchev–Trinajstić information content (AvgIpc) is 2.38. The van der Waals surface area contributed by atoms with E-state index < -0.39 is 0 Å². The van der Waals surface area contributed by atoms with Crippen LogP contribution in [0.4, 0.5) is 0 Å². The van der Waals surface area contributed by atoms with Crippen molar-refractivity contribution >= 4 is 33.5 Å². The standard InChI is InChI=1S/C15H13BrO2S/c16-14-6-1-2-7-15(14)19-10-13(18)9-11-4-3-5-12(17)8-11/h1-8,17H,9-10H2. The molecule has 0 radical (unpaired) electrons. The molecule has 0 aliphatic carbocycles. The fourth-order valence-corrected chi connectivity index (χ4v) is 3.09. The van der Waals surface area contributed by atoms with Crippen molar-refractivity contribution in [3.05, 3.63) is 58.6 Å². The van der Waals surface area contributed by atoms with Crippen molar-refractivity contribution in [3.63, 3.8) is 0 Å². The molecule has 0 amide bonds. The molecule has 4 heteroatoms. The topological polar surface area (TPSA) is 37.3 Å². The van der Waals surface area contributed by atoms with Crippen LogP contribution in [-0.2, 0) is 11.2 Å². The molecule has 98 valence electrons. The van der Waals surface area contributed by atoms with Crippen molar-refractivity contribution in [2.45, 2.75) is 11.3 Å². The Morgan fingerprint density at radius 1 is 1.16 bits per heavy atom.